The summed E-state index contributed by atoms with van der Waals surface area (Å²) in [7, 11) is 0. The summed E-state index contributed by atoms with van der Waals surface area (Å²) in [6.07, 6.45) is 1.85. The molecule has 0 fully saturated rings. The van der Waals surface area contributed by atoms with Crippen molar-refractivity contribution in [3.8, 4) is 11.3 Å². The largest absolute Gasteiger partial charge is 0.351 e. The van der Waals surface area contributed by atoms with Gasteiger partial charge >= 0.3 is 0 Å². The number of carbonyl (C=O) groups excluding carboxylic acids is 2. The van der Waals surface area contributed by atoms with Crippen molar-refractivity contribution in [2.75, 3.05) is 13.1 Å². The number of pyridine rings is 1. The van der Waals surface area contributed by atoms with Gasteiger partial charge < -0.3 is 10.6 Å². The monoisotopic (exact) mass is 367 g/mol. The first-order valence-electron chi connectivity index (χ1n) is 8.43. The zero-order valence-corrected chi connectivity index (χ0v) is 14.4. The van der Waals surface area contributed by atoms with Gasteiger partial charge in [-0.3, -0.25) is 14.7 Å². The molecule has 0 saturated carbocycles. The molecule has 0 saturated heterocycles. The minimum Gasteiger partial charge on any atom is -0.351 e. The zero-order valence-electron chi connectivity index (χ0n) is 14.4. The lowest BCUT2D eigenvalue weighted by Gasteiger charge is -2.06. The van der Waals surface area contributed by atoms with Crippen LogP contribution in [0.5, 0.6) is 0 Å². The number of nitrogens with zero attached hydrogens (tertiary/aromatic N) is 2. The van der Waals surface area contributed by atoms with Gasteiger partial charge in [-0.2, -0.15) is 5.10 Å². The number of rotatable bonds is 7. The highest BCUT2D eigenvalue weighted by molar-refractivity contribution is 5.93. The molecule has 0 unspecified atom stereocenters. The van der Waals surface area contributed by atoms with Gasteiger partial charge in [0.2, 0.25) is 0 Å². The molecule has 0 aliphatic carbocycles. The van der Waals surface area contributed by atoms with Crippen molar-refractivity contribution in [2.24, 2.45) is 0 Å². The SMILES string of the molecule is O=C(NCCCNC(=O)c1ncccc1F)c1cc(-c2ccccc2)n[nH]1. The highest BCUT2D eigenvalue weighted by Gasteiger charge is 2.12. The Kier molecular flexibility index (Phi) is 5.88. The van der Waals surface area contributed by atoms with Crippen LogP contribution < -0.4 is 10.6 Å². The molecule has 7 nitrogen and oxygen atoms in total. The number of H-pyrrole nitrogens is 1. The molecule has 0 spiro atoms. The topological polar surface area (TPSA) is 99.8 Å². The molecule has 3 rings (SSSR count). The van der Waals surface area contributed by atoms with Crippen LogP contribution in [0.1, 0.15) is 27.4 Å². The van der Waals surface area contributed by atoms with Gasteiger partial charge in [0.1, 0.15) is 5.69 Å². The summed E-state index contributed by atoms with van der Waals surface area (Å²) in [6, 6.07) is 13.8. The van der Waals surface area contributed by atoms with E-state index >= 15 is 0 Å². The van der Waals surface area contributed by atoms with Crippen LogP contribution >= 0.6 is 0 Å². The molecule has 0 bridgehead atoms. The van der Waals surface area contributed by atoms with Crippen molar-refractivity contribution in [3.63, 3.8) is 0 Å². The number of aromatic nitrogens is 3. The van der Waals surface area contributed by atoms with Crippen LogP contribution in [0, 0.1) is 5.82 Å². The second-order valence-electron chi connectivity index (χ2n) is 5.73. The summed E-state index contributed by atoms with van der Waals surface area (Å²) in [6.45, 7) is 0.636. The number of carbonyl (C=O) groups is 2. The first kappa shape index (κ1) is 18.2. The van der Waals surface area contributed by atoms with Gasteiger partial charge in [-0.15, -0.1) is 0 Å². The summed E-state index contributed by atoms with van der Waals surface area (Å²) in [4.78, 5) is 27.6. The fourth-order valence-electron chi connectivity index (χ4n) is 2.42. The predicted octanol–water partition coefficient (Wildman–Crippen LogP) is 2.16. The lowest BCUT2D eigenvalue weighted by molar-refractivity contribution is 0.0943. The van der Waals surface area contributed by atoms with Crippen molar-refractivity contribution in [1.29, 1.82) is 0 Å². The summed E-state index contributed by atoms with van der Waals surface area (Å²) in [5, 5.41) is 12.1. The van der Waals surface area contributed by atoms with E-state index < -0.39 is 11.7 Å². The van der Waals surface area contributed by atoms with E-state index in [1.807, 2.05) is 30.3 Å². The molecular formula is C19H18FN5O2. The third-order valence-electron chi connectivity index (χ3n) is 3.79. The Morgan fingerprint density at radius 3 is 2.48 bits per heavy atom. The molecule has 3 aromatic rings. The lowest BCUT2D eigenvalue weighted by Crippen LogP contribution is -2.30. The molecule has 0 radical (unpaired) electrons. The van der Waals surface area contributed by atoms with Crippen molar-refractivity contribution in [2.45, 2.75) is 6.42 Å². The molecule has 2 aromatic heterocycles. The highest BCUT2D eigenvalue weighted by atomic mass is 19.1. The molecule has 2 amide bonds. The third kappa shape index (κ3) is 4.75. The van der Waals surface area contributed by atoms with E-state index in [-0.39, 0.29) is 18.1 Å². The number of halogens is 1. The van der Waals surface area contributed by atoms with Crippen LogP contribution in [-0.2, 0) is 0 Å². The van der Waals surface area contributed by atoms with Crippen molar-refractivity contribution in [3.05, 3.63) is 71.9 Å². The molecule has 27 heavy (non-hydrogen) atoms. The van der Waals surface area contributed by atoms with Crippen molar-refractivity contribution < 1.29 is 14.0 Å². The van der Waals surface area contributed by atoms with Crippen LogP contribution in [0.4, 0.5) is 4.39 Å². The van der Waals surface area contributed by atoms with Crippen LogP contribution in [0.15, 0.2) is 54.7 Å². The minimum atomic E-state index is -0.670. The van der Waals surface area contributed by atoms with E-state index in [1.165, 1.54) is 18.3 Å². The Bertz CT molecular complexity index is 927. The lowest BCUT2D eigenvalue weighted by atomic mass is 10.1. The van der Waals surface area contributed by atoms with Crippen LogP contribution in [0.3, 0.4) is 0 Å². The fourth-order valence-corrected chi connectivity index (χ4v) is 2.42. The first-order valence-corrected chi connectivity index (χ1v) is 8.43. The first-order chi connectivity index (χ1) is 13.1. The number of nitrogens with one attached hydrogen (secondary N) is 3. The number of benzene rings is 1. The van der Waals surface area contributed by atoms with Gasteiger partial charge in [-0.05, 0) is 24.6 Å². The summed E-state index contributed by atoms with van der Waals surface area (Å²) >= 11 is 0. The molecule has 1 aromatic carbocycles. The van der Waals surface area contributed by atoms with E-state index in [2.05, 4.69) is 25.8 Å². The summed E-state index contributed by atoms with van der Waals surface area (Å²) in [5.41, 5.74) is 1.71. The van der Waals surface area contributed by atoms with E-state index in [0.717, 1.165) is 5.56 Å². The maximum atomic E-state index is 13.4. The Hall–Kier alpha value is -3.55. The van der Waals surface area contributed by atoms with E-state index in [9.17, 15) is 14.0 Å². The van der Waals surface area contributed by atoms with Gasteiger partial charge in [0.15, 0.2) is 11.5 Å². The molecule has 0 aliphatic rings. The second-order valence-corrected chi connectivity index (χ2v) is 5.73. The fraction of sp³-hybridized carbons (Fsp3) is 0.158. The molecule has 2 heterocycles. The average molecular weight is 367 g/mol. The molecular weight excluding hydrogens is 349 g/mol. The van der Waals surface area contributed by atoms with E-state index in [1.54, 1.807) is 6.07 Å². The van der Waals surface area contributed by atoms with Gasteiger partial charge in [0.25, 0.3) is 11.8 Å². The summed E-state index contributed by atoms with van der Waals surface area (Å²) in [5.74, 6) is -1.54. The standard InChI is InChI=1S/C19H18FN5O2/c20-14-8-4-9-21-17(14)19(27)23-11-5-10-22-18(26)16-12-15(24-25-16)13-6-2-1-3-7-13/h1-4,6-9,12H,5,10-11H2,(H,22,26)(H,23,27)(H,24,25). The highest BCUT2D eigenvalue weighted by Crippen LogP contribution is 2.16. The summed E-state index contributed by atoms with van der Waals surface area (Å²) < 4.78 is 13.4. The van der Waals surface area contributed by atoms with E-state index in [0.29, 0.717) is 24.4 Å². The maximum absolute atomic E-state index is 13.4. The maximum Gasteiger partial charge on any atom is 0.272 e. The minimum absolute atomic E-state index is 0.243. The van der Waals surface area contributed by atoms with Crippen molar-refractivity contribution >= 4 is 11.8 Å². The van der Waals surface area contributed by atoms with Gasteiger partial charge in [-0.1, -0.05) is 30.3 Å². The second kappa shape index (κ2) is 8.70. The van der Waals surface area contributed by atoms with Gasteiger partial charge in [0.05, 0.1) is 5.69 Å². The molecule has 8 heteroatoms. The Morgan fingerprint density at radius 1 is 1.00 bits per heavy atom. The molecule has 3 N–H and O–H groups in total. The number of amides is 2. The van der Waals surface area contributed by atoms with Gasteiger partial charge in [-0.25, -0.2) is 9.37 Å². The normalized spacial score (nSPS) is 10.4. The molecule has 0 atom stereocenters. The van der Waals surface area contributed by atoms with Crippen LogP contribution in [0.25, 0.3) is 11.3 Å². The number of hydrogen-bond acceptors (Lipinski definition) is 4. The Balaban J connectivity index is 1.42. The van der Waals surface area contributed by atoms with Crippen LogP contribution in [-0.4, -0.2) is 40.1 Å². The van der Waals surface area contributed by atoms with E-state index in [4.69, 9.17) is 0 Å². The Morgan fingerprint density at radius 2 is 1.74 bits per heavy atom. The van der Waals surface area contributed by atoms with Gasteiger partial charge in [0, 0.05) is 24.8 Å². The smallest absolute Gasteiger partial charge is 0.272 e. The van der Waals surface area contributed by atoms with Crippen molar-refractivity contribution in [1.82, 2.24) is 25.8 Å². The van der Waals surface area contributed by atoms with Crippen LogP contribution in [0.2, 0.25) is 0 Å². The quantitative estimate of drug-likeness (QED) is 0.557. The number of hydrogen-bond donors (Lipinski definition) is 3. The zero-order chi connectivity index (χ0) is 19.1. The molecule has 138 valence electrons. The molecule has 0 aliphatic heterocycles. The number of aromatic amines is 1. The predicted molar refractivity (Wildman–Crippen MR) is 97.5 cm³/mol. The average Bonchev–Trinajstić information content (AvgIpc) is 3.19. The third-order valence-corrected chi connectivity index (χ3v) is 3.79. The Labute approximate surface area is 155 Å².